The number of esters is 2. The molecule has 0 spiro atoms. The van der Waals surface area contributed by atoms with Gasteiger partial charge in [0.05, 0.1) is 14.2 Å². The number of hydrogen-bond acceptors (Lipinski definition) is 7. The number of aromatic hydroxyl groups is 1. The van der Waals surface area contributed by atoms with Crippen LogP contribution < -0.4 is 10.1 Å². The minimum Gasteiger partial charge on any atom is -0.507 e. The summed E-state index contributed by atoms with van der Waals surface area (Å²) in [5.41, 5.74) is 3.05. The number of fused-ring (bicyclic) bond motifs is 1. The molecule has 2 rings (SSSR count). The van der Waals surface area contributed by atoms with Crippen LogP contribution in [0.4, 0.5) is 0 Å². The molecule has 1 aliphatic rings. The van der Waals surface area contributed by atoms with E-state index in [9.17, 15) is 19.5 Å². The summed E-state index contributed by atoms with van der Waals surface area (Å²) in [5, 5.41) is 13.4. The van der Waals surface area contributed by atoms with E-state index in [-0.39, 0.29) is 36.2 Å². The van der Waals surface area contributed by atoms with Gasteiger partial charge in [-0.15, -0.1) is 0 Å². The van der Waals surface area contributed by atoms with Gasteiger partial charge in [0.15, 0.2) is 0 Å². The van der Waals surface area contributed by atoms with E-state index in [1.165, 1.54) is 14.2 Å². The van der Waals surface area contributed by atoms with E-state index < -0.39 is 18.0 Å². The lowest BCUT2D eigenvalue weighted by Gasteiger charge is -2.21. The van der Waals surface area contributed by atoms with Gasteiger partial charge in [-0.1, -0.05) is 31.9 Å². The molecule has 1 amide bonds. The number of phenols is 1. The Hall–Kier alpha value is -3.03. The molecule has 8 heteroatoms. The van der Waals surface area contributed by atoms with Gasteiger partial charge < -0.3 is 24.6 Å². The van der Waals surface area contributed by atoms with Gasteiger partial charge in [-0.3, -0.25) is 4.79 Å². The maximum Gasteiger partial charge on any atom is 0.342 e. The van der Waals surface area contributed by atoms with Gasteiger partial charge in [-0.2, -0.15) is 0 Å². The molecule has 2 N–H and O–H groups in total. The fourth-order valence-corrected chi connectivity index (χ4v) is 3.76. The van der Waals surface area contributed by atoms with Crippen LogP contribution in [0.1, 0.15) is 67.1 Å². The Morgan fingerprint density at radius 3 is 2.56 bits per heavy atom. The first kappa shape index (κ1) is 25.2. The molecular formula is C24H33NO7. The Labute approximate surface area is 188 Å². The SMILES string of the molecule is CCC(C)[C@H](NC(=O)CC/C(C)=C/Cc1c(O)c2c(c(C)c1OC)COC2=O)C(=O)OC. The number of nitrogens with one attached hydrogen (secondary N) is 1. The number of cyclic esters (lactones) is 1. The third-order valence-electron chi connectivity index (χ3n) is 6.03. The van der Waals surface area contributed by atoms with E-state index in [1.54, 1.807) is 0 Å². The molecule has 0 bridgehead atoms. The lowest BCUT2D eigenvalue weighted by atomic mass is 9.94. The summed E-state index contributed by atoms with van der Waals surface area (Å²) in [6.07, 6.45) is 3.66. The van der Waals surface area contributed by atoms with Crippen molar-refractivity contribution in [1.82, 2.24) is 5.32 Å². The average molecular weight is 448 g/mol. The zero-order valence-electron chi connectivity index (χ0n) is 19.7. The number of hydrogen-bond donors (Lipinski definition) is 2. The number of amides is 1. The van der Waals surface area contributed by atoms with Crippen molar-refractivity contribution in [1.29, 1.82) is 0 Å². The lowest BCUT2D eigenvalue weighted by Crippen LogP contribution is -2.45. The number of carbonyl (C=O) groups excluding carboxylic acids is 3. The lowest BCUT2D eigenvalue weighted by molar-refractivity contribution is -0.146. The van der Waals surface area contributed by atoms with Crippen molar-refractivity contribution in [2.24, 2.45) is 5.92 Å². The number of allylic oxidation sites excluding steroid dienone is 2. The fraction of sp³-hybridized carbons (Fsp3) is 0.542. The molecule has 1 unspecified atom stereocenters. The van der Waals surface area contributed by atoms with Crippen molar-refractivity contribution in [2.45, 2.75) is 66.0 Å². The van der Waals surface area contributed by atoms with Crippen molar-refractivity contribution < 1.29 is 33.7 Å². The molecule has 1 heterocycles. The Morgan fingerprint density at radius 2 is 1.97 bits per heavy atom. The average Bonchev–Trinajstić information content (AvgIpc) is 3.18. The van der Waals surface area contributed by atoms with E-state index in [0.717, 1.165) is 17.6 Å². The van der Waals surface area contributed by atoms with Crippen molar-refractivity contribution >= 4 is 17.8 Å². The van der Waals surface area contributed by atoms with Gasteiger partial charge in [-0.05, 0) is 38.2 Å². The highest BCUT2D eigenvalue weighted by atomic mass is 16.5. The number of methoxy groups -OCH3 is 2. The summed E-state index contributed by atoms with van der Waals surface area (Å²) >= 11 is 0. The van der Waals surface area contributed by atoms with Crippen LogP contribution in [0, 0.1) is 12.8 Å². The van der Waals surface area contributed by atoms with Gasteiger partial charge in [0.1, 0.15) is 29.7 Å². The van der Waals surface area contributed by atoms with E-state index in [4.69, 9.17) is 14.2 Å². The Morgan fingerprint density at radius 1 is 1.28 bits per heavy atom. The largest absolute Gasteiger partial charge is 0.507 e. The third-order valence-corrected chi connectivity index (χ3v) is 6.03. The molecule has 8 nitrogen and oxygen atoms in total. The third kappa shape index (κ3) is 5.41. The van der Waals surface area contributed by atoms with Gasteiger partial charge in [-0.25, -0.2) is 9.59 Å². The quantitative estimate of drug-likeness (QED) is 0.418. The van der Waals surface area contributed by atoms with E-state index in [0.29, 0.717) is 29.7 Å². The number of rotatable bonds is 10. The summed E-state index contributed by atoms with van der Waals surface area (Å²) in [6, 6.07) is -0.669. The summed E-state index contributed by atoms with van der Waals surface area (Å²) in [6.45, 7) is 7.68. The standard InChI is InChI=1S/C24H33NO7/c1-7-14(3)20(24(29)31-6)25-18(26)11-9-13(2)8-10-16-21(27)19-17(12-32-23(19)28)15(4)22(16)30-5/h8,14,20,27H,7,9-12H2,1-6H3,(H,25,26)/b13-8+/t14?,20-/m0/s1. The normalized spacial score (nSPS) is 14.9. The predicted octanol–water partition coefficient (Wildman–Crippen LogP) is 3.35. The molecule has 0 radical (unpaired) electrons. The van der Waals surface area contributed by atoms with Crippen molar-refractivity contribution in [3.05, 3.63) is 33.9 Å². The molecule has 0 saturated carbocycles. The highest BCUT2D eigenvalue weighted by Gasteiger charge is 2.32. The van der Waals surface area contributed by atoms with Crippen LogP contribution in [-0.2, 0) is 32.1 Å². The number of ether oxygens (including phenoxy) is 3. The first-order valence-corrected chi connectivity index (χ1v) is 10.8. The molecule has 0 aromatic heterocycles. The highest BCUT2D eigenvalue weighted by Crippen LogP contribution is 2.42. The molecule has 1 aromatic carbocycles. The van der Waals surface area contributed by atoms with Crippen LogP contribution in [0.5, 0.6) is 11.5 Å². The fourth-order valence-electron chi connectivity index (χ4n) is 3.76. The Kier molecular flexibility index (Phi) is 8.69. The van der Waals surface area contributed by atoms with Crippen LogP contribution in [-0.4, -0.2) is 43.2 Å². The Bertz CT molecular complexity index is 920. The minimum atomic E-state index is -0.669. The van der Waals surface area contributed by atoms with E-state index in [2.05, 4.69) is 5.32 Å². The van der Waals surface area contributed by atoms with Crippen LogP contribution in [0.3, 0.4) is 0 Å². The molecule has 2 atom stereocenters. The number of phenolic OH excluding ortho intramolecular Hbond substituents is 1. The van der Waals surface area contributed by atoms with Gasteiger partial charge in [0, 0.05) is 17.5 Å². The van der Waals surface area contributed by atoms with Crippen molar-refractivity contribution in [3.63, 3.8) is 0 Å². The maximum absolute atomic E-state index is 12.4. The monoisotopic (exact) mass is 447 g/mol. The summed E-state index contributed by atoms with van der Waals surface area (Å²) in [5.74, 6) is -0.855. The molecule has 0 aliphatic carbocycles. The second-order valence-corrected chi connectivity index (χ2v) is 8.12. The number of benzene rings is 1. The van der Waals surface area contributed by atoms with Crippen LogP contribution in [0.15, 0.2) is 11.6 Å². The molecule has 1 aliphatic heterocycles. The zero-order valence-corrected chi connectivity index (χ0v) is 19.7. The summed E-state index contributed by atoms with van der Waals surface area (Å²) in [7, 11) is 2.83. The van der Waals surface area contributed by atoms with E-state index in [1.807, 2.05) is 33.8 Å². The van der Waals surface area contributed by atoms with Gasteiger partial charge in [0.2, 0.25) is 5.91 Å². The summed E-state index contributed by atoms with van der Waals surface area (Å²) in [4.78, 5) is 36.3. The van der Waals surface area contributed by atoms with Gasteiger partial charge >= 0.3 is 11.9 Å². The topological polar surface area (TPSA) is 111 Å². The van der Waals surface area contributed by atoms with E-state index >= 15 is 0 Å². The minimum absolute atomic E-state index is 0.0341. The first-order valence-electron chi connectivity index (χ1n) is 10.8. The van der Waals surface area contributed by atoms with Crippen molar-refractivity contribution in [2.75, 3.05) is 14.2 Å². The molecule has 176 valence electrons. The predicted molar refractivity (Wildman–Crippen MR) is 119 cm³/mol. The zero-order chi connectivity index (χ0) is 24.0. The number of carbonyl (C=O) groups is 3. The smallest absolute Gasteiger partial charge is 0.342 e. The molecule has 32 heavy (non-hydrogen) atoms. The van der Waals surface area contributed by atoms with Crippen LogP contribution in [0.25, 0.3) is 0 Å². The van der Waals surface area contributed by atoms with Crippen LogP contribution in [0.2, 0.25) is 0 Å². The van der Waals surface area contributed by atoms with Gasteiger partial charge in [0.25, 0.3) is 0 Å². The molecule has 1 aromatic rings. The maximum atomic E-state index is 12.4. The molecule has 0 saturated heterocycles. The second kappa shape index (κ2) is 11.0. The van der Waals surface area contributed by atoms with Crippen molar-refractivity contribution in [3.8, 4) is 11.5 Å². The first-order chi connectivity index (χ1) is 15.2. The summed E-state index contributed by atoms with van der Waals surface area (Å²) < 4.78 is 15.4. The molecule has 0 fully saturated rings. The highest BCUT2D eigenvalue weighted by molar-refractivity contribution is 5.98. The molecular weight excluding hydrogens is 414 g/mol. The van der Waals surface area contributed by atoms with Crippen LogP contribution >= 0.6 is 0 Å². The Balaban J connectivity index is 2.08. The second-order valence-electron chi connectivity index (χ2n) is 8.12.